The lowest BCUT2D eigenvalue weighted by molar-refractivity contribution is 0.0617. The maximum absolute atomic E-state index is 14.6. The third-order valence-electron chi connectivity index (χ3n) is 7.34. The highest BCUT2D eigenvalue weighted by Crippen LogP contribution is 2.36. The molecule has 1 amide bonds. The number of carbonyl (C=O) groups excluding carboxylic acids is 1. The molecule has 5 rings (SSSR count). The van der Waals surface area contributed by atoms with Gasteiger partial charge in [0.05, 0.1) is 23.6 Å². The van der Waals surface area contributed by atoms with Crippen LogP contribution in [0.3, 0.4) is 0 Å². The minimum absolute atomic E-state index is 0.0455. The van der Waals surface area contributed by atoms with E-state index < -0.39 is 0 Å². The molecule has 0 radical (unpaired) electrons. The number of rotatable bonds is 6. The van der Waals surface area contributed by atoms with Gasteiger partial charge in [-0.25, -0.2) is 4.39 Å². The number of carbonyl (C=O) groups is 1. The molecule has 1 saturated carbocycles. The first-order valence-electron chi connectivity index (χ1n) is 13.6. The molecule has 0 saturated heterocycles. The molecule has 0 atom stereocenters. The zero-order chi connectivity index (χ0) is 29.9. The normalized spacial score (nSPS) is 12.7. The van der Waals surface area contributed by atoms with Crippen LogP contribution in [0.2, 0.25) is 0 Å². The largest absolute Gasteiger partial charge is 0.496 e. The van der Waals surface area contributed by atoms with Gasteiger partial charge in [0.25, 0.3) is 5.91 Å². The summed E-state index contributed by atoms with van der Waals surface area (Å²) in [6, 6.07) is 20.8. The first-order chi connectivity index (χ1) is 20.0. The molecule has 7 heteroatoms. The van der Waals surface area contributed by atoms with Gasteiger partial charge in [-0.1, -0.05) is 43.5 Å². The number of fused-ring (bicyclic) bond motifs is 1. The molecule has 0 unspecified atom stereocenters. The second-order valence-electron chi connectivity index (χ2n) is 9.61. The molecule has 1 heterocycles. The van der Waals surface area contributed by atoms with E-state index in [1.807, 2.05) is 42.2 Å². The van der Waals surface area contributed by atoms with Crippen LogP contribution in [0.4, 0.5) is 4.39 Å². The summed E-state index contributed by atoms with van der Waals surface area (Å²) in [6.45, 7) is 2.26. The topological polar surface area (TPSA) is 79.3 Å². The molecule has 41 heavy (non-hydrogen) atoms. The number of halogens is 1. The Morgan fingerprint density at radius 2 is 1.73 bits per heavy atom. The van der Waals surface area contributed by atoms with Gasteiger partial charge >= 0.3 is 0 Å². The van der Waals surface area contributed by atoms with Gasteiger partial charge < -0.3 is 15.4 Å². The fraction of sp³-hybridized carbons (Fsp3) is 0.294. The van der Waals surface area contributed by atoms with E-state index >= 15 is 0 Å². The zero-order valence-corrected chi connectivity index (χ0v) is 24.6. The number of nitrogens with two attached hydrogens (primary N) is 1. The van der Waals surface area contributed by atoms with Gasteiger partial charge in [-0.15, -0.1) is 24.2 Å². The van der Waals surface area contributed by atoms with Crippen molar-refractivity contribution < 1.29 is 13.9 Å². The van der Waals surface area contributed by atoms with Gasteiger partial charge in [0.1, 0.15) is 11.6 Å². The Bertz CT molecular complexity index is 1530. The van der Waals surface area contributed by atoms with E-state index in [9.17, 15) is 9.18 Å². The van der Waals surface area contributed by atoms with Crippen LogP contribution >= 0.6 is 11.3 Å². The Balaban J connectivity index is 0.00000111. The van der Waals surface area contributed by atoms with E-state index in [2.05, 4.69) is 30.7 Å². The zero-order valence-electron chi connectivity index (χ0n) is 23.8. The first-order valence-corrected chi connectivity index (χ1v) is 14.4. The van der Waals surface area contributed by atoms with Crippen LogP contribution in [0.25, 0.3) is 21.2 Å². The van der Waals surface area contributed by atoms with Gasteiger partial charge in [0, 0.05) is 28.2 Å². The monoisotopic (exact) mass is 569 g/mol. The number of nitriles is 1. The Morgan fingerprint density at radius 3 is 2.34 bits per heavy atom. The first kappa shape index (κ1) is 31.4. The van der Waals surface area contributed by atoms with E-state index in [0.717, 1.165) is 52.8 Å². The number of amides is 1. The summed E-state index contributed by atoms with van der Waals surface area (Å²) in [5.74, 6) is 0.396. The van der Waals surface area contributed by atoms with Gasteiger partial charge in [0.2, 0.25) is 0 Å². The summed E-state index contributed by atoms with van der Waals surface area (Å²) in [4.78, 5) is 16.7. The molecular weight excluding hydrogens is 533 g/mol. The van der Waals surface area contributed by atoms with Crippen molar-refractivity contribution >= 4 is 27.3 Å². The highest BCUT2D eigenvalue weighted by atomic mass is 32.1. The summed E-state index contributed by atoms with van der Waals surface area (Å²) in [5, 5.41) is 9.68. The second-order valence-corrected chi connectivity index (χ2v) is 10.7. The minimum Gasteiger partial charge on any atom is -0.496 e. The van der Waals surface area contributed by atoms with Crippen LogP contribution in [0, 0.1) is 36.9 Å². The van der Waals surface area contributed by atoms with E-state index in [-0.39, 0.29) is 17.8 Å². The van der Waals surface area contributed by atoms with Crippen molar-refractivity contribution in [2.24, 2.45) is 5.73 Å². The number of hydrogen-bond donors (Lipinski definition) is 1. The number of hydrogen-bond acceptors (Lipinski definition) is 5. The van der Waals surface area contributed by atoms with Crippen LogP contribution in [0.5, 0.6) is 5.75 Å². The van der Waals surface area contributed by atoms with Crippen molar-refractivity contribution in [1.82, 2.24) is 4.90 Å². The number of benzene rings is 3. The summed E-state index contributed by atoms with van der Waals surface area (Å²) < 4.78 is 21.1. The second kappa shape index (κ2) is 15.0. The highest BCUT2D eigenvalue weighted by Gasteiger charge is 2.30. The Hall–Kier alpha value is -4.17. The number of thiophene rings is 1. The number of methoxy groups -OCH3 is 1. The molecule has 1 aromatic heterocycles. The Labute approximate surface area is 246 Å². The molecule has 1 fully saturated rings. The summed E-state index contributed by atoms with van der Waals surface area (Å²) in [7, 11) is 3.14. The van der Waals surface area contributed by atoms with Crippen molar-refractivity contribution in [2.45, 2.75) is 51.6 Å². The van der Waals surface area contributed by atoms with Crippen molar-refractivity contribution in [2.75, 3.05) is 14.2 Å². The molecule has 4 aromatic rings. The number of aryl methyl sites for hydroxylation is 1. The Morgan fingerprint density at radius 1 is 1.07 bits per heavy atom. The van der Waals surface area contributed by atoms with Crippen molar-refractivity contribution in [1.29, 1.82) is 5.26 Å². The number of ether oxygens (including phenoxy) is 1. The molecule has 0 aliphatic heterocycles. The lowest BCUT2D eigenvalue weighted by atomic mass is 9.93. The molecule has 2 N–H and O–H groups in total. The maximum Gasteiger partial charge on any atom is 0.264 e. The van der Waals surface area contributed by atoms with Crippen molar-refractivity contribution in [3.8, 4) is 35.8 Å². The van der Waals surface area contributed by atoms with Crippen LogP contribution in [0.1, 0.15) is 58.5 Å². The molecule has 0 spiro atoms. The van der Waals surface area contributed by atoms with Crippen LogP contribution < -0.4 is 10.5 Å². The van der Waals surface area contributed by atoms with Gasteiger partial charge in [-0.05, 0) is 79.9 Å². The predicted molar refractivity (Wildman–Crippen MR) is 166 cm³/mol. The molecule has 212 valence electrons. The van der Waals surface area contributed by atoms with E-state index in [1.54, 1.807) is 25.3 Å². The average Bonchev–Trinajstić information content (AvgIpc) is 3.39. The van der Waals surface area contributed by atoms with E-state index in [4.69, 9.17) is 10.00 Å². The van der Waals surface area contributed by atoms with Gasteiger partial charge in [-0.2, -0.15) is 5.26 Å². The third-order valence-corrected chi connectivity index (χ3v) is 8.59. The average molecular weight is 570 g/mol. The standard InChI is InChI=1S/C31H29FN2O2S.C2H2.CH5N/c1-20-29-26(32)9-6-10-28(29)37-30(20)31(35)34(25-7-4-3-5-8-25)19-24-17-23(15-16-27(24)36-2)22-13-11-21(18-33)12-14-22;2*1-2/h6,9-17,25H,3-5,7-8,19H2,1-2H3;1-2H;2H2,1H3. The van der Waals surface area contributed by atoms with E-state index in [0.29, 0.717) is 27.9 Å². The minimum atomic E-state index is -0.286. The fourth-order valence-electron chi connectivity index (χ4n) is 5.35. The van der Waals surface area contributed by atoms with Gasteiger partial charge in [-0.3, -0.25) is 4.79 Å². The highest BCUT2D eigenvalue weighted by molar-refractivity contribution is 7.21. The maximum atomic E-state index is 14.6. The summed E-state index contributed by atoms with van der Waals surface area (Å²) >= 11 is 1.37. The summed E-state index contributed by atoms with van der Waals surface area (Å²) in [6.07, 6.45) is 13.3. The predicted octanol–water partition coefficient (Wildman–Crippen LogP) is 7.70. The van der Waals surface area contributed by atoms with Crippen LogP contribution in [0.15, 0.2) is 60.7 Å². The molecule has 0 bridgehead atoms. The van der Waals surface area contributed by atoms with E-state index in [1.165, 1.54) is 30.9 Å². The smallest absolute Gasteiger partial charge is 0.264 e. The third kappa shape index (κ3) is 6.95. The van der Waals surface area contributed by atoms with Gasteiger partial charge in [0.15, 0.2) is 0 Å². The SMILES string of the molecule is C#C.CN.COc1ccc(-c2ccc(C#N)cc2)cc1CN(C(=O)c1sc2cccc(F)c2c1C)C1CCCCC1. The van der Waals surface area contributed by atoms with Crippen molar-refractivity contribution in [3.63, 3.8) is 0 Å². The van der Waals surface area contributed by atoms with Crippen molar-refractivity contribution in [3.05, 3.63) is 88.0 Å². The Kier molecular flexibility index (Phi) is 11.5. The summed E-state index contributed by atoms with van der Waals surface area (Å²) in [5.41, 5.74) is 8.74. The number of terminal acetylenes is 1. The molecular formula is C34H36FN3O2S. The van der Waals surface area contributed by atoms with Crippen LogP contribution in [-0.2, 0) is 6.54 Å². The molecule has 1 aliphatic carbocycles. The molecule has 5 nitrogen and oxygen atoms in total. The lowest BCUT2D eigenvalue weighted by Crippen LogP contribution is -2.41. The van der Waals surface area contributed by atoms with Crippen LogP contribution in [-0.4, -0.2) is 31.0 Å². The number of nitrogens with zero attached hydrogens (tertiary/aromatic N) is 2. The quantitative estimate of drug-likeness (QED) is 0.241. The molecule has 3 aromatic carbocycles. The molecule has 1 aliphatic rings. The fourth-order valence-corrected chi connectivity index (χ4v) is 6.53. The lowest BCUT2D eigenvalue weighted by Gasteiger charge is -2.35.